The summed E-state index contributed by atoms with van der Waals surface area (Å²) in [6.45, 7) is 8.05. The van der Waals surface area contributed by atoms with E-state index in [0.717, 1.165) is 28.2 Å². The van der Waals surface area contributed by atoms with Gasteiger partial charge in [-0.1, -0.05) is 66.7 Å². The SMILES string of the molecule is [C-]#[N+]/C(=C1/C=C(c2ccc(N(c3ccccc3)c3ccccc3)cc2)Oc2ccccc21)c1nc2ccccc2o1. The second kappa shape index (κ2) is 10.4. The standard InChI is InChI=1S/C36H23N3O2/c1-37-35(36-38-31-17-9-11-19-33(31)41-36)30-24-34(40-32-18-10-8-16-29(30)32)25-20-22-28(23-21-25)39(26-12-4-2-5-13-26)27-14-6-3-7-15-27/h2-24H/b35-30-. The molecule has 0 N–H and O–H groups in total. The van der Waals surface area contributed by atoms with E-state index in [1.165, 1.54) is 0 Å². The summed E-state index contributed by atoms with van der Waals surface area (Å²) in [6, 6.07) is 44.1. The number of para-hydroxylation sites is 5. The van der Waals surface area contributed by atoms with Crippen molar-refractivity contribution in [3.63, 3.8) is 0 Å². The molecule has 194 valence electrons. The average molecular weight is 530 g/mol. The number of benzene rings is 5. The van der Waals surface area contributed by atoms with Crippen LogP contribution in [0.15, 0.2) is 144 Å². The van der Waals surface area contributed by atoms with Crippen LogP contribution in [0.4, 0.5) is 17.1 Å². The molecule has 0 saturated carbocycles. The number of ether oxygens (including phenoxy) is 1. The monoisotopic (exact) mass is 529 g/mol. The third-order valence-corrected chi connectivity index (χ3v) is 6.97. The van der Waals surface area contributed by atoms with Crippen LogP contribution in [0.3, 0.4) is 0 Å². The molecule has 6 aromatic rings. The quantitative estimate of drug-likeness (QED) is 0.209. The number of allylic oxidation sites excluding steroid dienone is 2. The molecule has 0 amide bonds. The topological polar surface area (TPSA) is 42.9 Å². The fourth-order valence-electron chi connectivity index (χ4n) is 5.05. The lowest BCUT2D eigenvalue weighted by Gasteiger charge is -2.26. The summed E-state index contributed by atoms with van der Waals surface area (Å²) in [5.41, 5.74) is 7.28. The molecule has 0 radical (unpaired) electrons. The number of rotatable bonds is 5. The zero-order chi connectivity index (χ0) is 27.6. The van der Waals surface area contributed by atoms with Crippen LogP contribution in [0, 0.1) is 6.57 Å². The maximum absolute atomic E-state index is 8.05. The molecule has 0 spiro atoms. The summed E-state index contributed by atoms with van der Waals surface area (Å²) in [5.74, 6) is 1.62. The summed E-state index contributed by atoms with van der Waals surface area (Å²) >= 11 is 0. The molecule has 5 nitrogen and oxygen atoms in total. The Kier molecular flexibility index (Phi) is 6.12. The number of hydrogen-bond acceptors (Lipinski definition) is 4. The minimum Gasteiger partial charge on any atom is -0.456 e. The van der Waals surface area contributed by atoms with Crippen LogP contribution >= 0.6 is 0 Å². The van der Waals surface area contributed by atoms with Gasteiger partial charge < -0.3 is 14.1 Å². The third kappa shape index (κ3) is 4.54. The fourth-order valence-corrected chi connectivity index (χ4v) is 5.05. The largest absolute Gasteiger partial charge is 0.456 e. The van der Waals surface area contributed by atoms with Crippen LogP contribution in [0.25, 0.3) is 33.0 Å². The number of fused-ring (bicyclic) bond motifs is 2. The number of anilines is 3. The second-order valence-corrected chi connectivity index (χ2v) is 9.52. The summed E-state index contributed by atoms with van der Waals surface area (Å²) in [7, 11) is 0. The van der Waals surface area contributed by atoms with Gasteiger partial charge in [-0.15, -0.1) is 0 Å². The summed E-state index contributed by atoms with van der Waals surface area (Å²) in [4.78, 5) is 10.7. The molecule has 2 heterocycles. The molecule has 0 unspecified atom stereocenters. The van der Waals surface area contributed by atoms with Crippen molar-refractivity contribution in [2.75, 3.05) is 4.90 Å². The number of nitrogens with zero attached hydrogens (tertiary/aromatic N) is 3. The Balaban J connectivity index is 1.32. The van der Waals surface area contributed by atoms with Gasteiger partial charge in [0, 0.05) is 33.8 Å². The van der Waals surface area contributed by atoms with Gasteiger partial charge in [0.25, 0.3) is 5.70 Å². The van der Waals surface area contributed by atoms with E-state index in [4.69, 9.17) is 15.7 Å². The van der Waals surface area contributed by atoms with Crippen molar-refractivity contribution < 1.29 is 9.15 Å². The number of oxazole rings is 1. The highest BCUT2D eigenvalue weighted by Crippen LogP contribution is 2.42. The lowest BCUT2D eigenvalue weighted by atomic mass is 9.97. The van der Waals surface area contributed by atoms with E-state index in [1.807, 2.05) is 103 Å². The smallest absolute Gasteiger partial charge is 0.255 e. The van der Waals surface area contributed by atoms with Crippen LogP contribution < -0.4 is 9.64 Å². The van der Waals surface area contributed by atoms with Crippen molar-refractivity contribution in [2.24, 2.45) is 0 Å². The number of aromatic nitrogens is 1. The van der Waals surface area contributed by atoms with Crippen molar-refractivity contribution in [2.45, 2.75) is 0 Å². The van der Waals surface area contributed by atoms with Gasteiger partial charge in [0.1, 0.15) is 17.0 Å². The van der Waals surface area contributed by atoms with Gasteiger partial charge in [-0.3, -0.25) is 0 Å². The summed E-state index contributed by atoms with van der Waals surface area (Å²) in [6.07, 6.45) is 1.91. The van der Waals surface area contributed by atoms with Crippen molar-refractivity contribution in [3.05, 3.63) is 168 Å². The van der Waals surface area contributed by atoms with E-state index in [1.54, 1.807) is 0 Å². The van der Waals surface area contributed by atoms with Gasteiger partial charge in [-0.05, 0) is 72.8 Å². The van der Waals surface area contributed by atoms with E-state index in [-0.39, 0.29) is 0 Å². The lowest BCUT2D eigenvalue weighted by Crippen LogP contribution is -2.10. The molecular weight excluding hydrogens is 506 g/mol. The Morgan fingerprint density at radius 2 is 1.27 bits per heavy atom. The van der Waals surface area contributed by atoms with Crippen molar-refractivity contribution in [1.29, 1.82) is 0 Å². The highest BCUT2D eigenvalue weighted by Gasteiger charge is 2.24. The van der Waals surface area contributed by atoms with Crippen molar-refractivity contribution in [1.82, 2.24) is 4.98 Å². The predicted molar refractivity (Wildman–Crippen MR) is 164 cm³/mol. The fraction of sp³-hybridized carbons (Fsp3) is 0. The van der Waals surface area contributed by atoms with Crippen molar-refractivity contribution >= 4 is 45.2 Å². The van der Waals surface area contributed by atoms with Crippen LogP contribution in [0.5, 0.6) is 5.75 Å². The molecule has 0 aliphatic carbocycles. The Bertz CT molecular complexity index is 1890. The molecular formula is C36H23N3O2. The maximum Gasteiger partial charge on any atom is 0.255 e. The van der Waals surface area contributed by atoms with E-state index in [2.05, 4.69) is 51.1 Å². The van der Waals surface area contributed by atoms with Crippen LogP contribution in [-0.4, -0.2) is 4.98 Å². The third-order valence-electron chi connectivity index (χ3n) is 6.97. The summed E-state index contributed by atoms with van der Waals surface area (Å²) < 4.78 is 12.4. The summed E-state index contributed by atoms with van der Waals surface area (Å²) in [5, 5.41) is 0. The first-order valence-corrected chi connectivity index (χ1v) is 13.3. The molecule has 1 aliphatic heterocycles. The van der Waals surface area contributed by atoms with Gasteiger partial charge in [-0.25, -0.2) is 9.83 Å². The molecule has 5 aromatic carbocycles. The molecule has 1 aliphatic rings. The molecule has 0 atom stereocenters. The van der Waals surface area contributed by atoms with Gasteiger partial charge in [0.05, 0.1) is 6.57 Å². The minimum atomic E-state index is 0.292. The zero-order valence-corrected chi connectivity index (χ0v) is 21.9. The Morgan fingerprint density at radius 1 is 0.659 bits per heavy atom. The molecule has 5 heteroatoms. The lowest BCUT2D eigenvalue weighted by molar-refractivity contribution is 0.509. The van der Waals surface area contributed by atoms with E-state index < -0.39 is 0 Å². The maximum atomic E-state index is 8.05. The van der Waals surface area contributed by atoms with E-state index in [9.17, 15) is 0 Å². The first kappa shape index (κ1) is 24.2. The minimum absolute atomic E-state index is 0.292. The molecule has 41 heavy (non-hydrogen) atoms. The Hall–Kier alpha value is -5.86. The van der Waals surface area contributed by atoms with Crippen LogP contribution in [0.2, 0.25) is 0 Å². The zero-order valence-electron chi connectivity index (χ0n) is 21.9. The first-order valence-electron chi connectivity index (χ1n) is 13.3. The normalized spacial score (nSPS) is 13.5. The Morgan fingerprint density at radius 3 is 1.95 bits per heavy atom. The van der Waals surface area contributed by atoms with E-state index >= 15 is 0 Å². The molecule has 0 saturated heterocycles. The van der Waals surface area contributed by atoms with Gasteiger partial charge in [0.15, 0.2) is 5.58 Å². The first-order chi connectivity index (χ1) is 20.3. The molecule has 0 bridgehead atoms. The van der Waals surface area contributed by atoms with Gasteiger partial charge >= 0.3 is 0 Å². The Labute approximate surface area is 237 Å². The van der Waals surface area contributed by atoms with Crippen LogP contribution in [-0.2, 0) is 0 Å². The molecule has 0 fully saturated rings. The molecule has 7 rings (SSSR count). The van der Waals surface area contributed by atoms with Crippen LogP contribution in [0.1, 0.15) is 17.0 Å². The van der Waals surface area contributed by atoms with Gasteiger partial charge in [-0.2, -0.15) is 0 Å². The highest BCUT2D eigenvalue weighted by atomic mass is 16.5. The second-order valence-electron chi connectivity index (χ2n) is 9.52. The predicted octanol–water partition coefficient (Wildman–Crippen LogP) is 9.52. The average Bonchev–Trinajstić information content (AvgIpc) is 3.47. The van der Waals surface area contributed by atoms with E-state index in [0.29, 0.717) is 39.8 Å². The molecule has 1 aromatic heterocycles. The van der Waals surface area contributed by atoms with Crippen molar-refractivity contribution in [3.8, 4) is 5.75 Å². The highest BCUT2D eigenvalue weighted by molar-refractivity contribution is 6.02. The number of hydrogen-bond donors (Lipinski definition) is 0. The van der Waals surface area contributed by atoms with Gasteiger partial charge in [0.2, 0.25) is 5.89 Å².